The molecule has 6 heteroatoms. The van der Waals surface area contributed by atoms with Crippen LogP contribution in [-0.4, -0.2) is 35.8 Å². The molecule has 0 aliphatic carbocycles. The molecule has 146 valence electrons. The van der Waals surface area contributed by atoms with Gasteiger partial charge in [0.1, 0.15) is 6.04 Å². The number of carbonyl (C=O) groups is 2. The lowest BCUT2D eigenvalue weighted by Crippen LogP contribution is -2.51. The zero-order valence-corrected chi connectivity index (χ0v) is 16.7. The van der Waals surface area contributed by atoms with E-state index >= 15 is 0 Å². The quantitative estimate of drug-likeness (QED) is 0.797. The van der Waals surface area contributed by atoms with E-state index in [1.54, 1.807) is 4.90 Å². The summed E-state index contributed by atoms with van der Waals surface area (Å²) in [6.07, 6.45) is 1.35. The zero-order valence-electron chi connectivity index (χ0n) is 15.9. The van der Waals surface area contributed by atoms with Crippen LogP contribution in [0.4, 0.5) is 0 Å². The predicted octanol–water partition coefficient (Wildman–Crippen LogP) is 3.02. The van der Waals surface area contributed by atoms with Gasteiger partial charge in [0.15, 0.2) is 0 Å². The van der Waals surface area contributed by atoms with E-state index in [0.717, 1.165) is 22.8 Å². The molecular formula is C21H28ClN3O2. The van der Waals surface area contributed by atoms with Gasteiger partial charge in [-0.2, -0.15) is 0 Å². The summed E-state index contributed by atoms with van der Waals surface area (Å²) in [5.41, 5.74) is 6.94. The van der Waals surface area contributed by atoms with Gasteiger partial charge in [-0.1, -0.05) is 50.2 Å². The van der Waals surface area contributed by atoms with Gasteiger partial charge in [0.05, 0.1) is 6.04 Å². The van der Waals surface area contributed by atoms with Gasteiger partial charge in [-0.3, -0.25) is 9.59 Å². The number of rotatable bonds is 6. The minimum Gasteiger partial charge on any atom is -0.346 e. The minimum absolute atomic E-state index is 0. The van der Waals surface area contributed by atoms with Crippen molar-refractivity contribution in [1.29, 1.82) is 0 Å². The van der Waals surface area contributed by atoms with E-state index in [0.29, 0.717) is 19.5 Å². The van der Waals surface area contributed by atoms with Gasteiger partial charge >= 0.3 is 0 Å². The second-order valence-electron chi connectivity index (χ2n) is 7.28. The van der Waals surface area contributed by atoms with Crippen LogP contribution in [-0.2, 0) is 9.59 Å². The number of likely N-dealkylation sites (tertiary alicyclic amines) is 1. The Morgan fingerprint density at radius 3 is 2.48 bits per heavy atom. The molecule has 1 fully saturated rings. The van der Waals surface area contributed by atoms with Crippen LogP contribution in [0.1, 0.15) is 38.3 Å². The van der Waals surface area contributed by atoms with E-state index in [-0.39, 0.29) is 36.2 Å². The Bertz CT molecular complexity index is 809. The van der Waals surface area contributed by atoms with E-state index in [2.05, 4.69) is 17.4 Å². The lowest BCUT2D eigenvalue weighted by atomic mass is 9.99. The third-order valence-electron chi connectivity index (χ3n) is 5.07. The fourth-order valence-electron chi connectivity index (χ4n) is 3.73. The third kappa shape index (κ3) is 4.60. The Kier molecular flexibility index (Phi) is 7.22. The molecule has 0 bridgehead atoms. The molecule has 0 aromatic heterocycles. The second kappa shape index (κ2) is 9.20. The van der Waals surface area contributed by atoms with E-state index in [1.165, 1.54) is 0 Å². The number of hydrogen-bond acceptors (Lipinski definition) is 3. The highest BCUT2D eigenvalue weighted by Crippen LogP contribution is 2.23. The van der Waals surface area contributed by atoms with Crippen molar-refractivity contribution >= 4 is 35.0 Å². The molecule has 3 rings (SSSR count). The van der Waals surface area contributed by atoms with Gasteiger partial charge < -0.3 is 16.0 Å². The van der Waals surface area contributed by atoms with Crippen LogP contribution in [0, 0.1) is 5.92 Å². The van der Waals surface area contributed by atoms with Gasteiger partial charge in [0.2, 0.25) is 11.8 Å². The van der Waals surface area contributed by atoms with E-state index < -0.39 is 6.04 Å². The number of amides is 2. The molecule has 2 atom stereocenters. The molecule has 0 saturated carbocycles. The monoisotopic (exact) mass is 389 g/mol. The summed E-state index contributed by atoms with van der Waals surface area (Å²) in [7, 11) is 0. The minimum atomic E-state index is -0.445. The second-order valence-corrected chi connectivity index (χ2v) is 7.28. The molecule has 3 N–H and O–H groups in total. The lowest BCUT2D eigenvalue weighted by Gasteiger charge is -2.31. The van der Waals surface area contributed by atoms with Crippen molar-refractivity contribution < 1.29 is 9.59 Å². The summed E-state index contributed by atoms with van der Waals surface area (Å²) >= 11 is 0. The van der Waals surface area contributed by atoms with Gasteiger partial charge in [-0.05, 0) is 34.7 Å². The highest BCUT2D eigenvalue weighted by molar-refractivity contribution is 5.89. The third-order valence-corrected chi connectivity index (χ3v) is 5.07. The SMILES string of the molecule is CC(C)C(C(=O)NC(CN)c1ccc2ccccc2c1)N1CCCC1=O.Cl. The van der Waals surface area contributed by atoms with Crippen molar-refractivity contribution in [2.24, 2.45) is 11.7 Å². The predicted molar refractivity (Wildman–Crippen MR) is 111 cm³/mol. The molecule has 5 nitrogen and oxygen atoms in total. The summed E-state index contributed by atoms with van der Waals surface area (Å²) in [6.45, 7) is 4.91. The Morgan fingerprint density at radius 2 is 1.89 bits per heavy atom. The van der Waals surface area contributed by atoms with Crippen molar-refractivity contribution in [2.45, 2.75) is 38.8 Å². The van der Waals surface area contributed by atoms with Crippen molar-refractivity contribution in [2.75, 3.05) is 13.1 Å². The summed E-state index contributed by atoms with van der Waals surface area (Å²) in [4.78, 5) is 26.8. The number of fused-ring (bicyclic) bond motifs is 1. The number of carbonyl (C=O) groups excluding carboxylic acids is 2. The first-order chi connectivity index (χ1) is 12.5. The van der Waals surface area contributed by atoms with Gasteiger partial charge in [0.25, 0.3) is 0 Å². The lowest BCUT2D eigenvalue weighted by molar-refractivity contribution is -0.139. The Morgan fingerprint density at radius 1 is 1.19 bits per heavy atom. The van der Waals surface area contributed by atoms with E-state index in [4.69, 9.17) is 5.73 Å². The molecule has 1 saturated heterocycles. The van der Waals surface area contributed by atoms with Crippen LogP contribution in [0.15, 0.2) is 42.5 Å². The number of nitrogens with two attached hydrogens (primary N) is 1. The standard InChI is InChI=1S/C21H27N3O2.ClH/c1-14(2)20(24-11-5-8-19(24)25)21(26)23-18(13-22)17-10-9-15-6-3-4-7-16(15)12-17;/h3-4,6-7,9-10,12,14,18,20H,5,8,11,13,22H2,1-2H3,(H,23,26);1H. The Labute approximate surface area is 166 Å². The first-order valence-electron chi connectivity index (χ1n) is 9.30. The van der Waals surface area contributed by atoms with Crippen molar-refractivity contribution in [1.82, 2.24) is 10.2 Å². The molecule has 2 aromatic rings. The normalized spacial score (nSPS) is 16.3. The van der Waals surface area contributed by atoms with Crippen molar-refractivity contribution in [3.05, 3.63) is 48.0 Å². The first-order valence-corrected chi connectivity index (χ1v) is 9.30. The molecule has 2 amide bonds. The maximum absolute atomic E-state index is 13.0. The van der Waals surface area contributed by atoms with Crippen LogP contribution < -0.4 is 11.1 Å². The van der Waals surface area contributed by atoms with Crippen LogP contribution in [0.3, 0.4) is 0 Å². The Hall–Kier alpha value is -2.11. The van der Waals surface area contributed by atoms with E-state index in [1.807, 2.05) is 44.2 Å². The summed E-state index contributed by atoms with van der Waals surface area (Å²) in [5, 5.41) is 5.34. The number of hydrogen-bond donors (Lipinski definition) is 2. The van der Waals surface area contributed by atoms with Crippen LogP contribution in [0.25, 0.3) is 10.8 Å². The number of nitrogens with zero attached hydrogens (tertiary/aromatic N) is 1. The molecule has 2 aromatic carbocycles. The molecule has 1 aliphatic heterocycles. The number of benzene rings is 2. The molecule has 0 radical (unpaired) electrons. The Balaban J connectivity index is 0.00000261. The number of nitrogens with one attached hydrogen (secondary N) is 1. The molecule has 1 aliphatic rings. The fourth-order valence-corrected chi connectivity index (χ4v) is 3.73. The maximum Gasteiger partial charge on any atom is 0.243 e. The van der Waals surface area contributed by atoms with Gasteiger partial charge in [-0.15, -0.1) is 12.4 Å². The van der Waals surface area contributed by atoms with Crippen LogP contribution in [0.2, 0.25) is 0 Å². The average Bonchev–Trinajstić information content (AvgIpc) is 3.04. The fraction of sp³-hybridized carbons (Fsp3) is 0.429. The molecule has 0 spiro atoms. The summed E-state index contributed by atoms with van der Waals surface area (Å²) in [5.74, 6) is -0.0141. The maximum atomic E-state index is 13.0. The average molecular weight is 390 g/mol. The number of halogens is 1. The molecular weight excluding hydrogens is 362 g/mol. The smallest absolute Gasteiger partial charge is 0.243 e. The molecule has 27 heavy (non-hydrogen) atoms. The van der Waals surface area contributed by atoms with E-state index in [9.17, 15) is 9.59 Å². The van der Waals surface area contributed by atoms with Crippen LogP contribution >= 0.6 is 12.4 Å². The van der Waals surface area contributed by atoms with Crippen LogP contribution in [0.5, 0.6) is 0 Å². The van der Waals surface area contributed by atoms with Crippen molar-refractivity contribution in [3.8, 4) is 0 Å². The largest absolute Gasteiger partial charge is 0.346 e. The summed E-state index contributed by atoms with van der Waals surface area (Å²) < 4.78 is 0. The highest BCUT2D eigenvalue weighted by atomic mass is 35.5. The van der Waals surface area contributed by atoms with Gasteiger partial charge in [0, 0.05) is 19.5 Å². The first kappa shape index (κ1) is 21.2. The summed E-state index contributed by atoms with van der Waals surface area (Å²) in [6, 6.07) is 13.5. The molecule has 1 heterocycles. The highest BCUT2D eigenvalue weighted by Gasteiger charge is 2.35. The van der Waals surface area contributed by atoms with Gasteiger partial charge in [-0.25, -0.2) is 0 Å². The topological polar surface area (TPSA) is 75.4 Å². The molecule has 2 unspecified atom stereocenters. The van der Waals surface area contributed by atoms with Crippen molar-refractivity contribution in [3.63, 3.8) is 0 Å². The zero-order chi connectivity index (χ0) is 18.7.